The molecule has 2 N–H and O–H groups in total. The summed E-state index contributed by atoms with van der Waals surface area (Å²) >= 11 is 0. The topological polar surface area (TPSA) is 75.4 Å². The van der Waals surface area contributed by atoms with Crippen LogP contribution in [0.4, 0.5) is 5.69 Å². The summed E-state index contributed by atoms with van der Waals surface area (Å²) in [5.74, 6) is -0.252. The van der Waals surface area contributed by atoms with Crippen LogP contribution < -0.4 is 5.32 Å². The maximum atomic E-state index is 12.2. The Hall–Kier alpha value is -2.92. The lowest BCUT2D eigenvalue weighted by atomic mass is 10.1. The van der Waals surface area contributed by atoms with E-state index in [0.717, 1.165) is 11.1 Å². The lowest BCUT2D eigenvalue weighted by molar-refractivity contribution is 0.0988. The highest BCUT2D eigenvalue weighted by Crippen LogP contribution is 2.19. The van der Waals surface area contributed by atoms with Gasteiger partial charge in [0, 0.05) is 17.3 Å². The number of nitrogens with one attached hydrogen (secondary N) is 1. The quantitative estimate of drug-likeness (QED) is 0.775. The number of carbonyl (C=O) groups is 1. The third-order valence-electron chi connectivity index (χ3n) is 3.17. The van der Waals surface area contributed by atoms with Crippen molar-refractivity contribution in [2.24, 2.45) is 0 Å². The molecule has 2 aromatic carbocycles. The van der Waals surface area contributed by atoms with Crippen LogP contribution in [0.2, 0.25) is 0 Å². The molecule has 0 radical (unpaired) electrons. The lowest BCUT2D eigenvalue weighted by Gasteiger charge is -2.04. The number of aliphatic hydroxyl groups excluding tert-OH is 1. The smallest absolute Gasteiger partial charge is 0.294 e. The zero-order valence-corrected chi connectivity index (χ0v) is 11.7. The first-order valence-electron chi connectivity index (χ1n) is 6.79. The SMILES string of the molecule is O=C(Nc1cccc(CO)c1)c1cc(-c2ccccc2)no1. The molecule has 1 heterocycles. The number of amides is 1. The standard InChI is InChI=1S/C17H14N2O3/c20-11-12-5-4-8-14(9-12)18-17(21)16-10-15(19-22-16)13-6-2-1-3-7-13/h1-10,20H,11H2,(H,18,21). The van der Waals surface area contributed by atoms with E-state index in [1.165, 1.54) is 0 Å². The van der Waals surface area contributed by atoms with E-state index < -0.39 is 0 Å². The molecule has 0 fully saturated rings. The van der Waals surface area contributed by atoms with Gasteiger partial charge in [-0.3, -0.25) is 4.79 Å². The molecule has 1 amide bonds. The second-order valence-electron chi connectivity index (χ2n) is 4.76. The van der Waals surface area contributed by atoms with E-state index in [2.05, 4.69) is 10.5 Å². The summed E-state index contributed by atoms with van der Waals surface area (Å²) in [5.41, 5.74) is 2.80. The minimum Gasteiger partial charge on any atom is -0.392 e. The van der Waals surface area contributed by atoms with E-state index in [9.17, 15) is 4.79 Å². The molecule has 0 aliphatic carbocycles. The van der Waals surface area contributed by atoms with E-state index >= 15 is 0 Å². The number of hydrogen-bond acceptors (Lipinski definition) is 4. The summed E-state index contributed by atoms with van der Waals surface area (Å²) in [7, 11) is 0. The number of rotatable bonds is 4. The summed E-state index contributed by atoms with van der Waals surface area (Å²) in [6.07, 6.45) is 0. The van der Waals surface area contributed by atoms with Crippen LogP contribution in [0, 0.1) is 0 Å². The van der Waals surface area contributed by atoms with Gasteiger partial charge in [0.1, 0.15) is 5.69 Å². The molecule has 3 aromatic rings. The summed E-state index contributed by atoms with van der Waals surface area (Å²) in [5, 5.41) is 15.7. The zero-order valence-electron chi connectivity index (χ0n) is 11.7. The van der Waals surface area contributed by atoms with Gasteiger partial charge in [-0.25, -0.2) is 0 Å². The van der Waals surface area contributed by atoms with E-state index in [-0.39, 0.29) is 18.3 Å². The molecule has 0 saturated carbocycles. The number of benzene rings is 2. The largest absolute Gasteiger partial charge is 0.392 e. The van der Waals surface area contributed by atoms with Gasteiger partial charge in [-0.05, 0) is 17.7 Å². The van der Waals surface area contributed by atoms with Crippen molar-refractivity contribution in [2.45, 2.75) is 6.61 Å². The molecule has 0 aliphatic rings. The summed E-state index contributed by atoms with van der Waals surface area (Å²) in [6.45, 7) is -0.0792. The van der Waals surface area contributed by atoms with Crippen LogP contribution in [0.1, 0.15) is 16.1 Å². The normalized spacial score (nSPS) is 10.4. The van der Waals surface area contributed by atoms with E-state index in [0.29, 0.717) is 11.4 Å². The summed E-state index contributed by atoms with van der Waals surface area (Å²) in [6, 6.07) is 18.1. The van der Waals surface area contributed by atoms with Crippen molar-refractivity contribution in [3.63, 3.8) is 0 Å². The molecule has 22 heavy (non-hydrogen) atoms. The molecular weight excluding hydrogens is 280 g/mol. The Bertz CT molecular complexity index is 781. The van der Waals surface area contributed by atoms with Crippen molar-refractivity contribution in [3.8, 4) is 11.3 Å². The number of anilines is 1. The van der Waals surface area contributed by atoms with Crippen LogP contribution in [0.15, 0.2) is 65.2 Å². The van der Waals surface area contributed by atoms with Crippen molar-refractivity contribution in [1.29, 1.82) is 0 Å². The first-order valence-corrected chi connectivity index (χ1v) is 6.79. The van der Waals surface area contributed by atoms with Gasteiger partial charge in [0.2, 0.25) is 5.76 Å². The number of aromatic nitrogens is 1. The molecular formula is C17H14N2O3. The molecule has 0 unspecified atom stereocenters. The second-order valence-corrected chi connectivity index (χ2v) is 4.76. The minimum atomic E-state index is -0.384. The average Bonchev–Trinajstić information content (AvgIpc) is 3.06. The van der Waals surface area contributed by atoms with Crippen LogP contribution >= 0.6 is 0 Å². The van der Waals surface area contributed by atoms with E-state index in [1.54, 1.807) is 30.3 Å². The van der Waals surface area contributed by atoms with Crippen molar-refractivity contribution in [3.05, 3.63) is 72.0 Å². The number of carbonyl (C=O) groups excluding carboxylic acids is 1. The predicted octanol–water partition coefficient (Wildman–Crippen LogP) is 3.09. The fraction of sp³-hybridized carbons (Fsp3) is 0.0588. The van der Waals surface area contributed by atoms with Crippen LogP contribution in [0.25, 0.3) is 11.3 Å². The molecule has 110 valence electrons. The highest BCUT2D eigenvalue weighted by Gasteiger charge is 2.14. The van der Waals surface area contributed by atoms with Crippen LogP contribution in [0.5, 0.6) is 0 Å². The molecule has 5 nitrogen and oxygen atoms in total. The highest BCUT2D eigenvalue weighted by atomic mass is 16.5. The summed E-state index contributed by atoms with van der Waals surface area (Å²) < 4.78 is 5.10. The first-order chi connectivity index (χ1) is 10.8. The van der Waals surface area contributed by atoms with Crippen molar-refractivity contribution >= 4 is 11.6 Å². The maximum absolute atomic E-state index is 12.2. The Morgan fingerprint density at radius 3 is 2.68 bits per heavy atom. The van der Waals surface area contributed by atoms with Gasteiger partial charge in [-0.15, -0.1) is 0 Å². The van der Waals surface area contributed by atoms with Crippen LogP contribution in [-0.2, 0) is 6.61 Å². The molecule has 0 atom stereocenters. The lowest BCUT2D eigenvalue weighted by Crippen LogP contribution is -2.11. The summed E-state index contributed by atoms with van der Waals surface area (Å²) in [4.78, 5) is 12.2. The monoisotopic (exact) mass is 294 g/mol. The van der Waals surface area contributed by atoms with Crippen molar-refractivity contribution in [1.82, 2.24) is 5.16 Å². The minimum absolute atomic E-state index is 0.0792. The Balaban J connectivity index is 1.77. The molecule has 0 spiro atoms. The predicted molar refractivity (Wildman–Crippen MR) is 82.3 cm³/mol. The van der Waals surface area contributed by atoms with Crippen molar-refractivity contribution < 1.29 is 14.4 Å². The molecule has 3 rings (SSSR count). The number of hydrogen-bond donors (Lipinski definition) is 2. The molecule has 5 heteroatoms. The number of nitrogens with zero attached hydrogens (tertiary/aromatic N) is 1. The highest BCUT2D eigenvalue weighted by molar-refractivity contribution is 6.02. The van der Waals surface area contributed by atoms with Gasteiger partial charge >= 0.3 is 0 Å². The van der Waals surface area contributed by atoms with Gasteiger partial charge < -0.3 is 14.9 Å². The van der Waals surface area contributed by atoms with Crippen molar-refractivity contribution in [2.75, 3.05) is 5.32 Å². The van der Waals surface area contributed by atoms with E-state index in [1.807, 2.05) is 30.3 Å². The zero-order chi connectivity index (χ0) is 15.4. The first kappa shape index (κ1) is 14.0. The Kier molecular flexibility index (Phi) is 3.98. The molecule has 0 saturated heterocycles. The van der Waals surface area contributed by atoms with Gasteiger partial charge in [-0.2, -0.15) is 0 Å². The maximum Gasteiger partial charge on any atom is 0.294 e. The molecule has 0 aliphatic heterocycles. The third kappa shape index (κ3) is 3.05. The second kappa shape index (κ2) is 6.24. The average molecular weight is 294 g/mol. The Morgan fingerprint density at radius 2 is 1.91 bits per heavy atom. The van der Waals surface area contributed by atoms with Gasteiger partial charge in [0.15, 0.2) is 0 Å². The Morgan fingerprint density at radius 1 is 1.09 bits per heavy atom. The van der Waals surface area contributed by atoms with Crippen LogP contribution in [-0.4, -0.2) is 16.2 Å². The van der Waals surface area contributed by atoms with E-state index in [4.69, 9.17) is 9.63 Å². The van der Waals surface area contributed by atoms with Gasteiger partial charge in [0.25, 0.3) is 5.91 Å². The molecule has 1 aromatic heterocycles. The van der Waals surface area contributed by atoms with Gasteiger partial charge in [0.05, 0.1) is 6.61 Å². The Labute approximate surface area is 127 Å². The van der Waals surface area contributed by atoms with Crippen LogP contribution in [0.3, 0.4) is 0 Å². The fourth-order valence-corrected chi connectivity index (χ4v) is 2.07. The van der Waals surface area contributed by atoms with Gasteiger partial charge in [-0.1, -0.05) is 47.6 Å². The molecule has 0 bridgehead atoms. The third-order valence-corrected chi connectivity index (χ3v) is 3.17. The number of aliphatic hydroxyl groups is 1. The fourth-order valence-electron chi connectivity index (χ4n) is 2.07.